The Hall–Kier alpha value is -2.54. The maximum absolute atomic E-state index is 8.45. The number of aromatic nitrogens is 1. The van der Waals surface area contributed by atoms with Gasteiger partial charge in [0.05, 0.1) is 0 Å². The molecule has 0 fully saturated rings. The van der Waals surface area contributed by atoms with E-state index < -0.39 is 0 Å². The van der Waals surface area contributed by atoms with E-state index in [0.29, 0.717) is 12.3 Å². The molecule has 0 atom stereocenters. The highest BCUT2D eigenvalue weighted by molar-refractivity contribution is 5.48. The van der Waals surface area contributed by atoms with Crippen molar-refractivity contribution in [2.45, 2.75) is 6.54 Å². The van der Waals surface area contributed by atoms with Gasteiger partial charge in [0.25, 0.3) is 0 Å². The number of benzene rings is 1. The molecule has 1 N–H and O–H groups in total. The van der Waals surface area contributed by atoms with Crippen molar-refractivity contribution in [2.75, 3.05) is 11.9 Å². The van der Waals surface area contributed by atoms with Crippen LogP contribution in [0, 0.1) is 11.3 Å². The summed E-state index contributed by atoms with van der Waals surface area (Å²) in [6, 6.07) is 13.4. The summed E-state index contributed by atoms with van der Waals surface area (Å²) in [6.45, 7) is 0.765. The average molecular weight is 239 g/mol. The van der Waals surface area contributed by atoms with Crippen molar-refractivity contribution in [1.29, 1.82) is 5.26 Å². The zero-order valence-corrected chi connectivity index (χ0v) is 9.84. The van der Waals surface area contributed by atoms with Crippen LogP contribution in [-0.4, -0.2) is 11.6 Å². The van der Waals surface area contributed by atoms with E-state index in [-0.39, 0.29) is 6.61 Å². The van der Waals surface area contributed by atoms with Crippen molar-refractivity contribution in [3.63, 3.8) is 0 Å². The minimum absolute atomic E-state index is 0.0616. The van der Waals surface area contributed by atoms with Gasteiger partial charge in [-0.3, -0.25) is 4.98 Å². The Morgan fingerprint density at radius 2 is 2.22 bits per heavy atom. The third kappa shape index (κ3) is 3.49. The van der Waals surface area contributed by atoms with E-state index in [1.54, 1.807) is 6.20 Å². The van der Waals surface area contributed by atoms with Crippen LogP contribution in [0.1, 0.15) is 5.56 Å². The molecule has 0 amide bonds. The van der Waals surface area contributed by atoms with Crippen LogP contribution in [0.25, 0.3) is 0 Å². The number of hydrogen-bond acceptors (Lipinski definition) is 4. The van der Waals surface area contributed by atoms with Gasteiger partial charge in [0, 0.05) is 30.7 Å². The number of nitrogens with one attached hydrogen (secondary N) is 1. The van der Waals surface area contributed by atoms with E-state index >= 15 is 0 Å². The lowest BCUT2D eigenvalue weighted by Crippen LogP contribution is -2.00. The van der Waals surface area contributed by atoms with Crippen molar-refractivity contribution in [3.05, 3.63) is 54.4 Å². The third-order valence-electron chi connectivity index (χ3n) is 2.36. The van der Waals surface area contributed by atoms with Crippen LogP contribution in [-0.2, 0) is 6.54 Å². The lowest BCUT2D eigenvalue weighted by atomic mass is 10.2. The van der Waals surface area contributed by atoms with Gasteiger partial charge in [0.1, 0.15) is 11.8 Å². The normalized spacial score (nSPS) is 9.50. The van der Waals surface area contributed by atoms with E-state index in [4.69, 9.17) is 10.00 Å². The van der Waals surface area contributed by atoms with Crippen LogP contribution in [0.2, 0.25) is 0 Å². The predicted octanol–water partition coefficient (Wildman–Crippen LogP) is 2.60. The van der Waals surface area contributed by atoms with Crippen molar-refractivity contribution < 1.29 is 4.74 Å². The molecular weight excluding hydrogens is 226 g/mol. The molecule has 90 valence electrons. The van der Waals surface area contributed by atoms with E-state index in [1.807, 2.05) is 48.7 Å². The minimum atomic E-state index is 0.0616. The summed E-state index contributed by atoms with van der Waals surface area (Å²) in [6.07, 6.45) is 3.57. The van der Waals surface area contributed by atoms with Crippen LogP contribution in [0.3, 0.4) is 0 Å². The van der Waals surface area contributed by atoms with Gasteiger partial charge in [-0.15, -0.1) is 0 Å². The van der Waals surface area contributed by atoms with E-state index in [2.05, 4.69) is 10.3 Å². The molecule has 0 radical (unpaired) electrons. The molecule has 1 aromatic heterocycles. The summed E-state index contributed by atoms with van der Waals surface area (Å²) < 4.78 is 5.23. The zero-order chi connectivity index (χ0) is 12.6. The second kappa shape index (κ2) is 6.26. The first-order chi connectivity index (χ1) is 8.88. The van der Waals surface area contributed by atoms with Crippen molar-refractivity contribution in [1.82, 2.24) is 4.98 Å². The second-order valence-electron chi connectivity index (χ2n) is 3.69. The number of hydrogen-bond donors (Lipinski definition) is 1. The maximum Gasteiger partial charge on any atom is 0.174 e. The fraction of sp³-hybridized carbons (Fsp3) is 0.143. The molecule has 2 rings (SSSR count). The summed E-state index contributed by atoms with van der Waals surface area (Å²) >= 11 is 0. The van der Waals surface area contributed by atoms with Gasteiger partial charge in [-0.2, -0.15) is 5.26 Å². The van der Waals surface area contributed by atoms with Crippen LogP contribution < -0.4 is 10.1 Å². The number of nitriles is 1. The van der Waals surface area contributed by atoms with Gasteiger partial charge in [0.15, 0.2) is 6.61 Å². The van der Waals surface area contributed by atoms with Crippen LogP contribution in [0.4, 0.5) is 5.69 Å². The van der Waals surface area contributed by atoms with Gasteiger partial charge in [-0.05, 0) is 23.8 Å². The first kappa shape index (κ1) is 11.9. The standard InChI is InChI=1S/C14H13N3O/c15-6-8-18-14-5-1-4-13(9-14)17-11-12-3-2-7-16-10-12/h1-5,7,9-10,17H,8,11H2. The monoisotopic (exact) mass is 239 g/mol. The van der Waals surface area contributed by atoms with Gasteiger partial charge in [0.2, 0.25) is 0 Å². The quantitative estimate of drug-likeness (QED) is 0.871. The van der Waals surface area contributed by atoms with Crippen molar-refractivity contribution in [3.8, 4) is 11.8 Å². The number of anilines is 1. The number of pyridine rings is 1. The smallest absolute Gasteiger partial charge is 0.174 e. The Kier molecular flexibility index (Phi) is 4.15. The highest BCUT2D eigenvalue weighted by Gasteiger charge is 1.97. The van der Waals surface area contributed by atoms with Crippen molar-refractivity contribution >= 4 is 5.69 Å². The second-order valence-corrected chi connectivity index (χ2v) is 3.69. The maximum atomic E-state index is 8.45. The minimum Gasteiger partial charge on any atom is -0.479 e. The van der Waals surface area contributed by atoms with Crippen LogP contribution >= 0.6 is 0 Å². The van der Waals surface area contributed by atoms with Crippen molar-refractivity contribution in [2.24, 2.45) is 0 Å². The molecule has 1 aromatic carbocycles. The number of rotatable bonds is 5. The molecule has 0 aliphatic carbocycles. The lowest BCUT2D eigenvalue weighted by molar-refractivity contribution is 0.368. The van der Waals surface area contributed by atoms with Gasteiger partial charge >= 0.3 is 0 Å². The Labute approximate surface area is 106 Å². The SMILES string of the molecule is N#CCOc1cccc(NCc2cccnc2)c1. The summed E-state index contributed by atoms with van der Waals surface area (Å²) in [5.74, 6) is 0.688. The zero-order valence-electron chi connectivity index (χ0n) is 9.84. The molecule has 0 bridgehead atoms. The first-order valence-corrected chi connectivity index (χ1v) is 5.61. The van der Waals surface area contributed by atoms with Gasteiger partial charge in [-0.25, -0.2) is 0 Å². The summed E-state index contributed by atoms with van der Waals surface area (Å²) in [7, 11) is 0. The first-order valence-electron chi connectivity index (χ1n) is 5.61. The van der Waals surface area contributed by atoms with E-state index in [1.165, 1.54) is 0 Å². The van der Waals surface area contributed by atoms with E-state index in [9.17, 15) is 0 Å². The Bertz CT molecular complexity index is 534. The van der Waals surface area contributed by atoms with Crippen LogP contribution in [0.15, 0.2) is 48.8 Å². The summed E-state index contributed by atoms with van der Waals surface area (Å²) in [5.41, 5.74) is 2.06. The molecule has 0 saturated heterocycles. The molecule has 0 saturated carbocycles. The molecule has 2 aromatic rings. The number of ether oxygens (including phenoxy) is 1. The lowest BCUT2D eigenvalue weighted by Gasteiger charge is -2.08. The topological polar surface area (TPSA) is 57.9 Å². The molecule has 1 heterocycles. The fourth-order valence-corrected chi connectivity index (χ4v) is 1.52. The average Bonchev–Trinajstić information content (AvgIpc) is 2.44. The molecule has 0 spiro atoms. The molecule has 0 aliphatic rings. The highest BCUT2D eigenvalue weighted by Crippen LogP contribution is 2.17. The Morgan fingerprint density at radius 1 is 1.28 bits per heavy atom. The largest absolute Gasteiger partial charge is 0.479 e. The molecule has 0 aliphatic heterocycles. The summed E-state index contributed by atoms with van der Waals surface area (Å²) in [4.78, 5) is 4.05. The molecule has 0 unspecified atom stereocenters. The summed E-state index contributed by atoms with van der Waals surface area (Å²) in [5, 5.41) is 11.7. The molecule has 18 heavy (non-hydrogen) atoms. The highest BCUT2D eigenvalue weighted by atomic mass is 16.5. The van der Waals surface area contributed by atoms with E-state index in [0.717, 1.165) is 11.3 Å². The molecule has 4 heteroatoms. The molecule has 4 nitrogen and oxygen atoms in total. The van der Waals surface area contributed by atoms with Gasteiger partial charge < -0.3 is 10.1 Å². The molecular formula is C14H13N3O. The number of nitrogens with zero attached hydrogens (tertiary/aromatic N) is 2. The van der Waals surface area contributed by atoms with Crippen LogP contribution in [0.5, 0.6) is 5.75 Å². The fourth-order valence-electron chi connectivity index (χ4n) is 1.52. The third-order valence-corrected chi connectivity index (χ3v) is 2.36. The predicted molar refractivity (Wildman–Crippen MR) is 69.1 cm³/mol. The Balaban J connectivity index is 1.95. The van der Waals surface area contributed by atoms with Gasteiger partial charge in [-0.1, -0.05) is 12.1 Å². The Morgan fingerprint density at radius 3 is 3.00 bits per heavy atom.